The second kappa shape index (κ2) is 9.33. The highest BCUT2D eigenvalue weighted by atomic mass is 19.1. The van der Waals surface area contributed by atoms with E-state index in [1.807, 2.05) is 0 Å². The largest absolute Gasteiger partial charge is 0.481 e. The van der Waals surface area contributed by atoms with E-state index in [1.165, 1.54) is 18.2 Å². The van der Waals surface area contributed by atoms with Crippen molar-refractivity contribution in [2.24, 2.45) is 0 Å². The van der Waals surface area contributed by atoms with E-state index >= 15 is 0 Å². The van der Waals surface area contributed by atoms with E-state index in [-0.39, 0.29) is 24.4 Å². The topological polar surface area (TPSA) is 152 Å². The molecule has 1 aromatic carbocycles. The molecule has 0 spiro atoms. The first-order valence-electron chi connectivity index (χ1n) is 9.95. The first kappa shape index (κ1) is 23.2. The third-order valence-electron chi connectivity index (χ3n) is 5.21. The minimum absolute atomic E-state index is 0.176. The summed E-state index contributed by atoms with van der Waals surface area (Å²) in [4.78, 5) is 38.6. The number of aryl methyl sites for hydroxylation is 1. The molecule has 1 aliphatic rings. The third-order valence-corrected chi connectivity index (χ3v) is 5.21. The van der Waals surface area contributed by atoms with Gasteiger partial charge in [0, 0.05) is 35.6 Å². The van der Waals surface area contributed by atoms with Gasteiger partial charge < -0.3 is 30.9 Å². The van der Waals surface area contributed by atoms with Crippen molar-refractivity contribution in [3.63, 3.8) is 0 Å². The molecule has 0 saturated carbocycles. The van der Waals surface area contributed by atoms with Crippen LogP contribution in [0.3, 0.4) is 0 Å². The number of H-pyrrole nitrogens is 1. The summed E-state index contributed by atoms with van der Waals surface area (Å²) < 4.78 is 13.7. The number of aliphatic hydroxyl groups is 2. The molecule has 0 saturated heterocycles. The molecule has 0 aliphatic carbocycles. The molecule has 3 rings (SSSR count). The number of aliphatic hydroxyl groups excluding tert-OH is 2. The molecule has 2 amide bonds. The van der Waals surface area contributed by atoms with Gasteiger partial charge in [-0.1, -0.05) is 0 Å². The minimum atomic E-state index is -1.22. The maximum atomic E-state index is 13.7. The van der Waals surface area contributed by atoms with Crippen LogP contribution in [0.5, 0.6) is 0 Å². The van der Waals surface area contributed by atoms with Gasteiger partial charge in [-0.3, -0.25) is 14.4 Å². The highest BCUT2D eigenvalue weighted by Gasteiger charge is 2.26. The number of aromatic amines is 1. The van der Waals surface area contributed by atoms with Crippen LogP contribution in [0.4, 0.5) is 10.1 Å². The number of rotatable bonds is 8. The number of hydrogen-bond acceptors (Lipinski definition) is 5. The van der Waals surface area contributed by atoms with Crippen LogP contribution in [0.2, 0.25) is 0 Å². The van der Waals surface area contributed by atoms with Crippen molar-refractivity contribution in [1.29, 1.82) is 0 Å². The van der Waals surface area contributed by atoms with E-state index in [1.54, 1.807) is 19.9 Å². The lowest BCUT2D eigenvalue weighted by atomic mass is 10.0. The van der Waals surface area contributed by atoms with E-state index in [4.69, 9.17) is 5.11 Å². The summed E-state index contributed by atoms with van der Waals surface area (Å²) in [6, 6.07) is 4.00. The van der Waals surface area contributed by atoms with Gasteiger partial charge in [-0.05, 0) is 43.7 Å². The molecule has 9 nitrogen and oxygen atoms in total. The first-order valence-corrected chi connectivity index (χ1v) is 9.95. The van der Waals surface area contributed by atoms with Crippen molar-refractivity contribution in [2.45, 2.75) is 38.9 Å². The Morgan fingerprint density at radius 2 is 1.94 bits per heavy atom. The number of nitrogens with one attached hydrogen (secondary N) is 3. The van der Waals surface area contributed by atoms with Crippen molar-refractivity contribution in [1.82, 2.24) is 10.3 Å². The lowest BCUT2D eigenvalue weighted by molar-refractivity contribution is -0.139. The van der Waals surface area contributed by atoms with Gasteiger partial charge in [0.25, 0.3) is 11.8 Å². The summed E-state index contributed by atoms with van der Waals surface area (Å²) in [6.07, 6.45) is -1.49. The van der Waals surface area contributed by atoms with Crippen molar-refractivity contribution < 1.29 is 34.1 Å². The highest BCUT2D eigenvalue weighted by Crippen LogP contribution is 2.34. The predicted molar refractivity (Wildman–Crippen MR) is 114 cm³/mol. The Morgan fingerprint density at radius 1 is 1.22 bits per heavy atom. The molecule has 6 N–H and O–H groups in total. The monoisotopic (exact) mass is 445 g/mol. The van der Waals surface area contributed by atoms with Crippen LogP contribution in [-0.4, -0.2) is 56.8 Å². The van der Waals surface area contributed by atoms with Crippen LogP contribution >= 0.6 is 0 Å². The number of halogens is 1. The molecule has 2 heterocycles. The Bertz CT molecular complexity index is 1110. The van der Waals surface area contributed by atoms with Gasteiger partial charge >= 0.3 is 5.97 Å². The van der Waals surface area contributed by atoms with Gasteiger partial charge in [0.2, 0.25) is 0 Å². The molecule has 32 heavy (non-hydrogen) atoms. The number of aliphatic carboxylic acids is 1. The van der Waals surface area contributed by atoms with Crippen molar-refractivity contribution in [2.75, 3.05) is 11.9 Å². The van der Waals surface area contributed by atoms with Crippen LogP contribution in [0.1, 0.15) is 45.7 Å². The molecular weight excluding hydrogens is 421 g/mol. The fourth-order valence-electron chi connectivity index (χ4n) is 3.69. The zero-order valence-corrected chi connectivity index (χ0v) is 17.5. The van der Waals surface area contributed by atoms with Gasteiger partial charge in [-0.25, -0.2) is 4.39 Å². The van der Waals surface area contributed by atoms with Crippen LogP contribution in [0.15, 0.2) is 18.2 Å². The number of benzene rings is 1. The zero-order chi connectivity index (χ0) is 23.6. The number of carboxylic acids is 1. The maximum absolute atomic E-state index is 13.7. The van der Waals surface area contributed by atoms with E-state index < -0.39 is 36.3 Å². The predicted octanol–water partition coefficient (Wildman–Crippen LogP) is 1.58. The molecular formula is C22H24FN3O6. The van der Waals surface area contributed by atoms with Gasteiger partial charge in [-0.15, -0.1) is 0 Å². The quantitative estimate of drug-likeness (QED) is 0.340. The molecule has 0 unspecified atom stereocenters. The summed E-state index contributed by atoms with van der Waals surface area (Å²) in [5, 5.41) is 33.4. The maximum Gasteiger partial charge on any atom is 0.305 e. The second-order valence-corrected chi connectivity index (χ2v) is 7.72. The third kappa shape index (κ3) is 5.04. The number of carboxylic acid groups (broad SMARTS) is 1. The minimum Gasteiger partial charge on any atom is -0.481 e. The summed E-state index contributed by atoms with van der Waals surface area (Å²) in [7, 11) is 0. The number of hydrogen-bond donors (Lipinski definition) is 6. The summed E-state index contributed by atoms with van der Waals surface area (Å²) in [6.45, 7) is 3.20. The van der Waals surface area contributed by atoms with E-state index in [0.29, 0.717) is 33.8 Å². The van der Waals surface area contributed by atoms with Crippen LogP contribution in [0, 0.1) is 19.7 Å². The number of carbonyl (C=O) groups excluding carboxylic acids is 2. The van der Waals surface area contributed by atoms with E-state index in [2.05, 4.69) is 15.6 Å². The average molecular weight is 445 g/mol. The highest BCUT2D eigenvalue weighted by molar-refractivity contribution is 6.34. The molecule has 2 atom stereocenters. The summed E-state index contributed by atoms with van der Waals surface area (Å²) >= 11 is 0. The molecule has 10 heteroatoms. The number of anilines is 1. The van der Waals surface area contributed by atoms with Crippen LogP contribution in [-0.2, 0) is 9.59 Å². The first-order chi connectivity index (χ1) is 15.1. The summed E-state index contributed by atoms with van der Waals surface area (Å²) in [5.74, 6) is -2.52. The molecule has 2 aromatic rings. The Kier molecular flexibility index (Phi) is 6.75. The molecule has 1 aliphatic heterocycles. The lowest BCUT2D eigenvalue weighted by Crippen LogP contribution is -2.34. The smallest absolute Gasteiger partial charge is 0.305 e. The molecule has 170 valence electrons. The molecule has 0 radical (unpaired) electrons. The van der Waals surface area contributed by atoms with Gasteiger partial charge in [-0.2, -0.15) is 0 Å². The number of fused-ring (bicyclic) bond motifs is 1. The van der Waals surface area contributed by atoms with Crippen molar-refractivity contribution >= 4 is 35.1 Å². The molecule has 1 aromatic heterocycles. The molecule has 0 fully saturated rings. The molecule has 0 bridgehead atoms. The van der Waals surface area contributed by atoms with Gasteiger partial charge in [0.15, 0.2) is 0 Å². The Morgan fingerprint density at radius 3 is 2.62 bits per heavy atom. The lowest BCUT2D eigenvalue weighted by Gasteiger charge is -2.15. The zero-order valence-electron chi connectivity index (χ0n) is 17.5. The fraction of sp³-hybridized carbons (Fsp3) is 0.318. The van der Waals surface area contributed by atoms with Crippen molar-refractivity contribution in [3.05, 3.63) is 52.1 Å². The second-order valence-electron chi connectivity index (χ2n) is 7.72. The Balaban J connectivity index is 1.75. The van der Waals surface area contributed by atoms with Crippen molar-refractivity contribution in [3.8, 4) is 0 Å². The van der Waals surface area contributed by atoms with Gasteiger partial charge in [0.05, 0.1) is 29.8 Å². The number of carbonyl (C=O) groups is 3. The standard InChI is InChI=1S/C22H24FN3O6/c1-10-18(8-16-15-5-12(23)3-4-17(15)26-21(16)31)25-11(2)20(10)22(32)24-9-14(28)6-13(27)7-19(29)30/h3-5,8,13-14,25,27-28H,6-7,9H2,1-2H3,(H,24,32)(H,26,31)(H,29,30)/b16-8-/t13-,14+/m1/s1. The fourth-order valence-corrected chi connectivity index (χ4v) is 3.69. The van der Waals surface area contributed by atoms with E-state index in [9.17, 15) is 29.0 Å². The van der Waals surface area contributed by atoms with E-state index in [0.717, 1.165) is 0 Å². The Hall–Kier alpha value is -3.50. The average Bonchev–Trinajstić information content (AvgIpc) is 3.15. The normalized spacial score (nSPS) is 15.9. The number of amides is 2. The Labute approximate surface area is 183 Å². The van der Waals surface area contributed by atoms with Gasteiger partial charge in [0.1, 0.15) is 5.82 Å². The van der Waals surface area contributed by atoms with Crippen LogP contribution < -0.4 is 10.6 Å². The SMILES string of the molecule is Cc1[nH]c(/C=C2\C(=O)Nc3ccc(F)cc32)c(C)c1C(=O)NC[C@@H](O)C[C@@H](O)CC(=O)O. The number of aromatic nitrogens is 1. The summed E-state index contributed by atoms with van der Waals surface area (Å²) in [5.41, 5.74) is 3.12. The van der Waals surface area contributed by atoms with Crippen LogP contribution in [0.25, 0.3) is 11.6 Å².